The topological polar surface area (TPSA) is 79.7 Å². The normalized spacial score (nSPS) is 12.4. The van der Waals surface area contributed by atoms with Crippen LogP contribution in [0.4, 0.5) is 0 Å². The largest absolute Gasteiger partial charge is 0.461 e. The van der Waals surface area contributed by atoms with Crippen molar-refractivity contribution in [2.24, 2.45) is 0 Å². The first kappa shape index (κ1) is 12.4. The number of nitrogens with zero attached hydrogens (tertiary/aromatic N) is 2. The van der Waals surface area contributed by atoms with Gasteiger partial charge in [0.1, 0.15) is 0 Å². The van der Waals surface area contributed by atoms with E-state index in [9.17, 15) is 9.90 Å². The van der Waals surface area contributed by atoms with Crippen LogP contribution in [0.5, 0.6) is 0 Å². The Morgan fingerprint density at radius 1 is 1.56 bits per heavy atom. The number of hydrogen-bond donors (Lipinski definition) is 1. The van der Waals surface area contributed by atoms with Gasteiger partial charge in [0, 0.05) is 19.7 Å². The van der Waals surface area contributed by atoms with Crippen LogP contribution in [0.1, 0.15) is 17.4 Å². The van der Waals surface area contributed by atoms with Crippen molar-refractivity contribution < 1.29 is 18.8 Å². The number of likely N-dealkylation sites (N-methyl/N-ethyl adjacent to an activating group) is 1. The summed E-state index contributed by atoms with van der Waals surface area (Å²) in [6.45, 7) is 1.85. The lowest BCUT2D eigenvalue weighted by atomic mass is 10.3. The average Bonchev–Trinajstić information content (AvgIpc) is 2.97. The summed E-state index contributed by atoms with van der Waals surface area (Å²) in [6.07, 6.45) is 0.925. The number of amides is 1. The number of aliphatic hydroxyl groups excluding tert-OH is 1. The van der Waals surface area contributed by atoms with Crippen LogP contribution >= 0.6 is 0 Å². The zero-order valence-electron chi connectivity index (χ0n) is 10.2. The minimum Gasteiger partial charge on any atom is -0.461 e. The third kappa shape index (κ3) is 2.60. The first-order chi connectivity index (χ1) is 8.58. The molecule has 2 aromatic heterocycles. The van der Waals surface area contributed by atoms with E-state index in [0.29, 0.717) is 11.5 Å². The summed E-state index contributed by atoms with van der Waals surface area (Å²) in [7, 11) is 1.59. The van der Waals surface area contributed by atoms with Crippen molar-refractivity contribution >= 4 is 5.91 Å². The highest BCUT2D eigenvalue weighted by molar-refractivity contribution is 5.92. The van der Waals surface area contributed by atoms with E-state index in [-0.39, 0.29) is 18.1 Å². The summed E-state index contributed by atoms with van der Waals surface area (Å²) >= 11 is 0. The number of carbonyl (C=O) groups excluding carboxylic acids is 1. The molecule has 96 valence electrons. The van der Waals surface area contributed by atoms with Crippen molar-refractivity contribution in [1.29, 1.82) is 0 Å². The maximum absolute atomic E-state index is 11.9. The molecule has 1 unspecified atom stereocenters. The molecule has 1 N–H and O–H groups in total. The lowest BCUT2D eigenvalue weighted by Gasteiger charge is -2.16. The molecular formula is C12H14N2O4. The first-order valence-corrected chi connectivity index (χ1v) is 5.52. The summed E-state index contributed by atoms with van der Waals surface area (Å²) in [5, 5.41) is 12.9. The van der Waals surface area contributed by atoms with Crippen molar-refractivity contribution in [3.63, 3.8) is 0 Å². The van der Waals surface area contributed by atoms with Gasteiger partial charge in [-0.05, 0) is 19.1 Å². The van der Waals surface area contributed by atoms with Gasteiger partial charge in [0.2, 0.25) is 5.76 Å². The third-order valence-electron chi connectivity index (χ3n) is 2.38. The van der Waals surface area contributed by atoms with Crippen molar-refractivity contribution in [2.45, 2.75) is 13.0 Å². The molecule has 0 spiro atoms. The van der Waals surface area contributed by atoms with Crippen LogP contribution in [-0.2, 0) is 0 Å². The van der Waals surface area contributed by atoms with Crippen LogP contribution in [0, 0.1) is 0 Å². The summed E-state index contributed by atoms with van der Waals surface area (Å²) < 4.78 is 10.2. The highest BCUT2D eigenvalue weighted by Crippen LogP contribution is 2.20. The number of aliphatic hydroxyl groups is 1. The molecule has 0 saturated carbocycles. The van der Waals surface area contributed by atoms with Crippen LogP contribution in [0.3, 0.4) is 0 Å². The Kier molecular flexibility index (Phi) is 3.47. The molecule has 1 amide bonds. The average molecular weight is 250 g/mol. The molecule has 0 aliphatic carbocycles. The minimum atomic E-state index is -0.588. The lowest BCUT2D eigenvalue weighted by Crippen LogP contribution is -2.33. The third-order valence-corrected chi connectivity index (χ3v) is 2.38. The summed E-state index contributed by atoms with van der Waals surface area (Å²) in [4.78, 5) is 13.3. The molecule has 0 aliphatic rings. The predicted molar refractivity (Wildman–Crippen MR) is 62.8 cm³/mol. The van der Waals surface area contributed by atoms with Crippen LogP contribution < -0.4 is 0 Å². The number of carbonyl (C=O) groups is 1. The number of furan rings is 1. The molecule has 0 bridgehead atoms. The van der Waals surface area contributed by atoms with Gasteiger partial charge in [0.15, 0.2) is 11.5 Å². The van der Waals surface area contributed by atoms with Gasteiger partial charge in [-0.2, -0.15) is 0 Å². The second-order valence-corrected chi connectivity index (χ2v) is 4.09. The molecule has 18 heavy (non-hydrogen) atoms. The quantitative estimate of drug-likeness (QED) is 0.886. The number of aromatic nitrogens is 1. The summed E-state index contributed by atoms with van der Waals surface area (Å²) in [6, 6.07) is 4.95. The van der Waals surface area contributed by atoms with Crippen LogP contribution in [0.25, 0.3) is 11.5 Å². The maximum atomic E-state index is 11.9. The van der Waals surface area contributed by atoms with Crippen molar-refractivity contribution in [3.05, 3.63) is 30.2 Å². The summed E-state index contributed by atoms with van der Waals surface area (Å²) in [5.74, 6) is 0.603. The van der Waals surface area contributed by atoms with Gasteiger partial charge in [-0.3, -0.25) is 4.79 Å². The van der Waals surface area contributed by atoms with Gasteiger partial charge >= 0.3 is 0 Å². The van der Waals surface area contributed by atoms with Gasteiger partial charge in [0.25, 0.3) is 5.91 Å². The van der Waals surface area contributed by atoms with E-state index >= 15 is 0 Å². The number of hydrogen-bond acceptors (Lipinski definition) is 5. The van der Waals surface area contributed by atoms with Crippen LogP contribution in [0.2, 0.25) is 0 Å². The number of rotatable bonds is 4. The zero-order valence-corrected chi connectivity index (χ0v) is 10.2. The Morgan fingerprint density at radius 2 is 2.33 bits per heavy atom. The van der Waals surface area contributed by atoms with Crippen LogP contribution in [0.15, 0.2) is 33.4 Å². The molecule has 2 heterocycles. The molecule has 0 saturated heterocycles. The van der Waals surface area contributed by atoms with Gasteiger partial charge in [-0.15, -0.1) is 0 Å². The van der Waals surface area contributed by atoms with Crippen molar-refractivity contribution in [3.8, 4) is 11.5 Å². The maximum Gasteiger partial charge on any atom is 0.275 e. The van der Waals surface area contributed by atoms with E-state index in [0.717, 1.165) is 0 Å². The lowest BCUT2D eigenvalue weighted by molar-refractivity contribution is 0.0694. The SMILES string of the molecule is CC(O)CN(C)C(=O)c1cc(-c2ccco2)on1. The van der Waals surface area contributed by atoms with Crippen molar-refractivity contribution in [1.82, 2.24) is 10.1 Å². The highest BCUT2D eigenvalue weighted by atomic mass is 16.5. The molecule has 0 aromatic carbocycles. The van der Waals surface area contributed by atoms with E-state index < -0.39 is 6.10 Å². The monoisotopic (exact) mass is 250 g/mol. The van der Waals surface area contributed by atoms with E-state index in [1.165, 1.54) is 17.2 Å². The fraction of sp³-hybridized carbons (Fsp3) is 0.333. The Morgan fingerprint density at radius 3 is 2.94 bits per heavy atom. The Balaban J connectivity index is 2.13. The summed E-state index contributed by atoms with van der Waals surface area (Å²) in [5.41, 5.74) is 0.185. The molecule has 2 aromatic rings. The second-order valence-electron chi connectivity index (χ2n) is 4.09. The molecule has 6 nitrogen and oxygen atoms in total. The fourth-order valence-corrected chi connectivity index (χ4v) is 1.59. The van der Waals surface area contributed by atoms with Gasteiger partial charge in [-0.25, -0.2) is 0 Å². The Bertz CT molecular complexity index is 516. The molecule has 0 radical (unpaired) electrons. The van der Waals surface area contributed by atoms with E-state index in [1.54, 1.807) is 26.1 Å². The Labute approximate surface area is 104 Å². The second kappa shape index (κ2) is 5.05. The standard InChI is InChI=1S/C12H14N2O4/c1-8(15)7-14(2)12(16)9-6-11(18-13-9)10-4-3-5-17-10/h3-6,8,15H,7H2,1-2H3. The van der Waals surface area contributed by atoms with Crippen molar-refractivity contribution in [2.75, 3.05) is 13.6 Å². The molecule has 0 aliphatic heterocycles. The zero-order chi connectivity index (χ0) is 13.1. The van der Waals surface area contributed by atoms with Crippen LogP contribution in [-0.4, -0.2) is 40.8 Å². The Hall–Kier alpha value is -2.08. The molecular weight excluding hydrogens is 236 g/mol. The molecule has 0 fully saturated rings. The fourth-order valence-electron chi connectivity index (χ4n) is 1.59. The first-order valence-electron chi connectivity index (χ1n) is 5.52. The highest BCUT2D eigenvalue weighted by Gasteiger charge is 2.19. The van der Waals surface area contributed by atoms with E-state index in [4.69, 9.17) is 8.94 Å². The van der Waals surface area contributed by atoms with E-state index in [1.807, 2.05) is 0 Å². The van der Waals surface area contributed by atoms with Gasteiger partial charge in [0.05, 0.1) is 12.4 Å². The molecule has 6 heteroatoms. The smallest absolute Gasteiger partial charge is 0.275 e. The molecule has 2 rings (SSSR count). The van der Waals surface area contributed by atoms with Gasteiger partial charge < -0.3 is 18.9 Å². The minimum absolute atomic E-state index is 0.185. The van der Waals surface area contributed by atoms with E-state index in [2.05, 4.69) is 5.16 Å². The predicted octanol–water partition coefficient (Wildman–Crippen LogP) is 1.39. The van der Waals surface area contributed by atoms with Gasteiger partial charge in [-0.1, -0.05) is 5.16 Å². The molecule has 1 atom stereocenters.